The summed E-state index contributed by atoms with van der Waals surface area (Å²) in [5.74, 6) is 1.22. The Hall–Kier alpha value is -3.37. The molecular weight excluding hydrogens is 548 g/mol. The zero-order valence-corrected chi connectivity index (χ0v) is 22.9. The number of carbonyl (C=O) groups is 1. The summed E-state index contributed by atoms with van der Waals surface area (Å²) in [6.45, 7) is 3.66. The van der Waals surface area contributed by atoms with Crippen LogP contribution in [0.5, 0.6) is 17.2 Å². The van der Waals surface area contributed by atoms with Crippen LogP contribution in [0.15, 0.2) is 61.9 Å². The molecule has 4 rings (SSSR count). The van der Waals surface area contributed by atoms with Crippen LogP contribution in [0.1, 0.15) is 31.0 Å². The first kappa shape index (κ1) is 25.7. The average molecular weight is 573 g/mol. The van der Waals surface area contributed by atoms with E-state index in [1.807, 2.05) is 18.2 Å². The minimum Gasteiger partial charge on any atom is -0.497 e. The number of benzene rings is 2. The molecule has 0 amide bonds. The van der Waals surface area contributed by atoms with Crippen molar-refractivity contribution in [2.75, 3.05) is 27.9 Å². The van der Waals surface area contributed by atoms with Gasteiger partial charge in [0.1, 0.15) is 23.3 Å². The van der Waals surface area contributed by atoms with Gasteiger partial charge in [0.25, 0.3) is 5.56 Å². The molecular formula is C26H25BrN2O6S. The van der Waals surface area contributed by atoms with Gasteiger partial charge in [-0.1, -0.05) is 17.4 Å². The summed E-state index contributed by atoms with van der Waals surface area (Å²) in [6.07, 6.45) is 1.79. The second-order valence-corrected chi connectivity index (χ2v) is 9.67. The lowest BCUT2D eigenvalue weighted by atomic mass is 9.94. The molecule has 0 unspecified atom stereocenters. The molecule has 8 nitrogen and oxygen atoms in total. The Labute approximate surface area is 220 Å². The molecule has 2 aromatic carbocycles. The largest absolute Gasteiger partial charge is 0.497 e. The molecule has 0 saturated heterocycles. The van der Waals surface area contributed by atoms with Gasteiger partial charge in [0.05, 0.1) is 48.2 Å². The number of rotatable bonds is 7. The lowest BCUT2D eigenvalue weighted by Gasteiger charge is -2.26. The van der Waals surface area contributed by atoms with Crippen molar-refractivity contribution in [1.29, 1.82) is 0 Å². The summed E-state index contributed by atoms with van der Waals surface area (Å²) >= 11 is 4.73. The number of aromatic nitrogens is 1. The molecule has 36 heavy (non-hydrogen) atoms. The van der Waals surface area contributed by atoms with Crippen molar-refractivity contribution in [3.05, 3.63) is 83.0 Å². The molecule has 10 heteroatoms. The van der Waals surface area contributed by atoms with E-state index in [1.54, 1.807) is 52.3 Å². The van der Waals surface area contributed by atoms with E-state index in [0.717, 1.165) is 10.0 Å². The number of hydrogen-bond acceptors (Lipinski definition) is 8. The summed E-state index contributed by atoms with van der Waals surface area (Å²) in [5, 5.41) is 0. The van der Waals surface area contributed by atoms with Crippen molar-refractivity contribution in [3.8, 4) is 17.2 Å². The van der Waals surface area contributed by atoms with Gasteiger partial charge in [0.2, 0.25) is 0 Å². The van der Waals surface area contributed by atoms with Gasteiger partial charge >= 0.3 is 5.97 Å². The highest BCUT2D eigenvalue weighted by Gasteiger charge is 2.35. The van der Waals surface area contributed by atoms with E-state index in [0.29, 0.717) is 37.8 Å². The van der Waals surface area contributed by atoms with E-state index in [9.17, 15) is 9.59 Å². The fourth-order valence-corrected chi connectivity index (χ4v) is 5.67. The van der Waals surface area contributed by atoms with Crippen LogP contribution in [0.3, 0.4) is 0 Å². The molecule has 188 valence electrons. The Morgan fingerprint density at radius 3 is 2.47 bits per heavy atom. The maximum Gasteiger partial charge on any atom is 0.338 e. The highest BCUT2D eigenvalue weighted by molar-refractivity contribution is 9.10. The lowest BCUT2D eigenvalue weighted by Crippen LogP contribution is -2.40. The number of fused-ring (bicyclic) bond motifs is 1. The zero-order valence-electron chi connectivity index (χ0n) is 20.5. The summed E-state index contributed by atoms with van der Waals surface area (Å²) in [6, 6.07) is 10.0. The van der Waals surface area contributed by atoms with E-state index in [4.69, 9.17) is 18.9 Å². The van der Waals surface area contributed by atoms with E-state index >= 15 is 0 Å². The minimum atomic E-state index is -0.810. The van der Waals surface area contributed by atoms with E-state index in [-0.39, 0.29) is 17.7 Å². The third kappa shape index (κ3) is 4.70. The fourth-order valence-electron chi connectivity index (χ4n) is 4.06. The third-order valence-corrected chi connectivity index (χ3v) is 7.32. The summed E-state index contributed by atoms with van der Waals surface area (Å²) < 4.78 is 24.5. The third-order valence-electron chi connectivity index (χ3n) is 5.72. The number of esters is 1. The van der Waals surface area contributed by atoms with Gasteiger partial charge in [0, 0.05) is 5.56 Å². The predicted octanol–water partition coefficient (Wildman–Crippen LogP) is 3.59. The number of allylic oxidation sites excluding steroid dienone is 1. The highest BCUT2D eigenvalue weighted by Crippen LogP contribution is 2.37. The van der Waals surface area contributed by atoms with Gasteiger partial charge in [-0.3, -0.25) is 9.36 Å². The second-order valence-electron chi connectivity index (χ2n) is 7.80. The first-order chi connectivity index (χ1) is 17.3. The van der Waals surface area contributed by atoms with Crippen LogP contribution in [0.25, 0.3) is 6.08 Å². The van der Waals surface area contributed by atoms with Crippen LogP contribution < -0.4 is 29.1 Å². The summed E-state index contributed by atoms with van der Waals surface area (Å²) in [7, 11) is 4.68. The molecule has 0 fully saturated rings. The first-order valence-electron chi connectivity index (χ1n) is 11.1. The average Bonchev–Trinajstić information content (AvgIpc) is 3.17. The second kappa shape index (κ2) is 10.7. The summed E-state index contributed by atoms with van der Waals surface area (Å²) in [4.78, 5) is 32.0. The van der Waals surface area contributed by atoms with Gasteiger partial charge < -0.3 is 18.9 Å². The molecule has 1 aromatic heterocycles. The van der Waals surface area contributed by atoms with Crippen LogP contribution >= 0.6 is 27.3 Å². The Bertz CT molecular complexity index is 1540. The van der Waals surface area contributed by atoms with Gasteiger partial charge in [-0.25, -0.2) is 9.79 Å². The van der Waals surface area contributed by atoms with Crippen LogP contribution in [0, 0.1) is 0 Å². The van der Waals surface area contributed by atoms with Gasteiger partial charge in [0.15, 0.2) is 4.80 Å². The van der Waals surface area contributed by atoms with Gasteiger partial charge in [-0.2, -0.15) is 0 Å². The van der Waals surface area contributed by atoms with Crippen molar-refractivity contribution in [2.24, 2.45) is 4.99 Å². The van der Waals surface area contributed by atoms with Gasteiger partial charge in [-0.05, 0) is 71.7 Å². The quantitative estimate of drug-likeness (QED) is 0.402. The van der Waals surface area contributed by atoms with Crippen molar-refractivity contribution < 1.29 is 23.7 Å². The number of methoxy groups -OCH3 is 3. The van der Waals surface area contributed by atoms with Crippen molar-refractivity contribution in [2.45, 2.75) is 19.9 Å². The SMILES string of the molecule is CCOC(=O)C1=C(C)N=c2s/c(=C\c3ccc(OC)c(Br)c3)c(=O)n2[C@H]1c1cc(OC)ccc1OC. The first-order valence-corrected chi connectivity index (χ1v) is 12.7. The number of nitrogens with zero attached hydrogens (tertiary/aromatic N) is 2. The van der Waals surface area contributed by atoms with Crippen molar-refractivity contribution in [3.63, 3.8) is 0 Å². The fraction of sp³-hybridized carbons (Fsp3) is 0.269. The molecule has 0 bridgehead atoms. The molecule has 0 aliphatic carbocycles. The van der Waals surface area contributed by atoms with Crippen molar-refractivity contribution in [1.82, 2.24) is 4.57 Å². The Morgan fingerprint density at radius 1 is 1.11 bits per heavy atom. The number of ether oxygens (including phenoxy) is 4. The molecule has 1 aliphatic rings. The number of thiazole rings is 1. The lowest BCUT2D eigenvalue weighted by molar-refractivity contribution is -0.139. The maximum atomic E-state index is 13.8. The molecule has 1 atom stereocenters. The van der Waals surface area contributed by atoms with Gasteiger partial charge in [-0.15, -0.1) is 0 Å². The molecule has 0 saturated carbocycles. The molecule has 2 heterocycles. The molecule has 0 spiro atoms. The Kier molecular flexibility index (Phi) is 7.65. The molecule has 0 radical (unpaired) electrons. The number of hydrogen-bond donors (Lipinski definition) is 0. The van der Waals surface area contributed by atoms with E-state index in [2.05, 4.69) is 20.9 Å². The van der Waals surface area contributed by atoms with Crippen LogP contribution in [-0.4, -0.2) is 38.5 Å². The van der Waals surface area contributed by atoms with Crippen LogP contribution in [0.2, 0.25) is 0 Å². The normalized spacial score (nSPS) is 15.3. The zero-order chi connectivity index (χ0) is 26.0. The van der Waals surface area contributed by atoms with Crippen LogP contribution in [-0.2, 0) is 9.53 Å². The summed E-state index contributed by atoms with van der Waals surface area (Å²) in [5.41, 5.74) is 1.87. The van der Waals surface area contributed by atoms with Crippen molar-refractivity contribution >= 4 is 39.3 Å². The van der Waals surface area contributed by atoms with E-state index < -0.39 is 12.0 Å². The number of carbonyl (C=O) groups excluding carboxylic acids is 1. The maximum absolute atomic E-state index is 13.8. The topological polar surface area (TPSA) is 88.4 Å². The molecule has 3 aromatic rings. The standard InChI is InChI=1S/C26H25BrN2O6S/c1-6-35-25(31)22-14(2)28-26-29(23(22)17-13-16(32-3)8-10-19(17)33-4)24(30)21(36-26)12-15-7-9-20(34-5)18(27)11-15/h7-13,23H,6H2,1-5H3/b21-12-/t23-/m0/s1. The molecule has 1 aliphatic heterocycles. The smallest absolute Gasteiger partial charge is 0.338 e. The monoisotopic (exact) mass is 572 g/mol. The predicted molar refractivity (Wildman–Crippen MR) is 141 cm³/mol. The highest BCUT2D eigenvalue weighted by atomic mass is 79.9. The minimum absolute atomic E-state index is 0.189. The van der Waals surface area contributed by atoms with E-state index in [1.165, 1.54) is 23.0 Å². The molecule has 0 N–H and O–H groups in total. The Morgan fingerprint density at radius 2 is 1.83 bits per heavy atom. The van der Waals surface area contributed by atoms with Crippen LogP contribution in [0.4, 0.5) is 0 Å². The Balaban J connectivity index is 1.99. The number of halogens is 1.